The van der Waals surface area contributed by atoms with Crippen LogP contribution in [-0.4, -0.2) is 50.2 Å². The second-order valence-corrected chi connectivity index (χ2v) is 6.44. The lowest BCUT2D eigenvalue weighted by Gasteiger charge is -2.29. The summed E-state index contributed by atoms with van der Waals surface area (Å²) in [6.45, 7) is 3.21. The summed E-state index contributed by atoms with van der Waals surface area (Å²) >= 11 is 5.66. The van der Waals surface area contributed by atoms with Crippen LogP contribution < -0.4 is 4.90 Å². The fourth-order valence-corrected chi connectivity index (χ4v) is 3.39. The summed E-state index contributed by atoms with van der Waals surface area (Å²) in [5, 5.41) is -0.314. The quantitative estimate of drug-likeness (QED) is 0.810. The van der Waals surface area contributed by atoms with Crippen LogP contribution in [0.25, 0.3) is 0 Å². The third kappa shape index (κ3) is 3.62. The number of halogens is 4. The van der Waals surface area contributed by atoms with E-state index in [4.69, 9.17) is 16.3 Å². The molecule has 0 radical (unpaired) electrons. The molecular weight excluding hydrogens is 345 g/mol. The van der Waals surface area contributed by atoms with E-state index in [1.165, 1.54) is 6.07 Å². The number of carbonyl (C=O) groups excluding carboxylic acids is 1. The van der Waals surface area contributed by atoms with E-state index < -0.39 is 11.7 Å². The van der Waals surface area contributed by atoms with E-state index in [2.05, 4.69) is 0 Å². The van der Waals surface area contributed by atoms with Crippen LogP contribution in [0.1, 0.15) is 12.0 Å². The Bertz CT molecular complexity index is 618. The molecular formula is C16H18ClF3N2O2. The Morgan fingerprint density at radius 1 is 1.21 bits per heavy atom. The lowest BCUT2D eigenvalue weighted by atomic mass is 10.1. The van der Waals surface area contributed by atoms with Crippen molar-refractivity contribution in [1.29, 1.82) is 0 Å². The van der Waals surface area contributed by atoms with Crippen molar-refractivity contribution < 1.29 is 22.7 Å². The van der Waals surface area contributed by atoms with Crippen LogP contribution in [0.2, 0.25) is 5.02 Å². The highest BCUT2D eigenvalue weighted by molar-refractivity contribution is 6.31. The Morgan fingerprint density at radius 3 is 2.58 bits per heavy atom. The van der Waals surface area contributed by atoms with E-state index >= 15 is 0 Å². The maximum Gasteiger partial charge on any atom is 0.417 e. The largest absolute Gasteiger partial charge is 0.417 e. The molecule has 3 rings (SSSR count). The van der Waals surface area contributed by atoms with E-state index in [9.17, 15) is 18.0 Å². The van der Waals surface area contributed by atoms with Crippen LogP contribution in [0, 0.1) is 5.92 Å². The van der Waals surface area contributed by atoms with Gasteiger partial charge in [-0.2, -0.15) is 13.2 Å². The molecule has 2 aliphatic rings. The fourth-order valence-electron chi connectivity index (χ4n) is 3.17. The molecule has 1 atom stereocenters. The molecule has 0 N–H and O–H groups in total. The molecule has 2 fully saturated rings. The number of nitrogens with zero attached hydrogens (tertiary/aromatic N) is 2. The first kappa shape index (κ1) is 17.4. The first-order chi connectivity index (χ1) is 11.4. The van der Waals surface area contributed by atoms with Gasteiger partial charge in [0.05, 0.1) is 29.7 Å². The monoisotopic (exact) mass is 362 g/mol. The molecule has 0 bridgehead atoms. The van der Waals surface area contributed by atoms with Gasteiger partial charge in [-0.15, -0.1) is 0 Å². The fraction of sp³-hybridized carbons (Fsp3) is 0.562. The topological polar surface area (TPSA) is 32.8 Å². The number of benzene rings is 1. The summed E-state index contributed by atoms with van der Waals surface area (Å²) in [4.78, 5) is 16.1. The van der Waals surface area contributed by atoms with Gasteiger partial charge in [0, 0.05) is 31.9 Å². The Kier molecular flexibility index (Phi) is 4.92. The molecule has 2 heterocycles. The predicted molar refractivity (Wildman–Crippen MR) is 84.2 cm³/mol. The summed E-state index contributed by atoms with van der Waals surface area (Å²) in [6.07, 6.45) is -3.85. The maximum atomic E-state index is 13.0. The van der Waals surface area contributed by atoms with Crippen molar-refractivity contribution in [3.8, 4) is 0 Å². The SMILES string of the molecule is O=C(C1CCN(c2ccc(Cl)c(C(F)(F)F)c2)C1)N1CCOCC1. The van der Waals surface area contributed by atoms with Gasteiger partial charge in [0.25, 0.3) is 0 Å². The summed E-state index contributed by atoms with van der Waals surface area (Å²) in [5.74, 6) is -0.126. The normalized spacial score (nSPS) is 22.1. The van der Waals surface area contributed by atoms with E-state index in [0.717, 1.165) is 6.07 Å². The van der Waals surface area contributed by atoms with Gasteiger partial charge in [-0.1, -0.05) is 11.6 Å². The predicted octanol–water partition coefficient (Wildman–Crippen LogP) is 3.04. The molecule has 1 amide bonds. The second kappa shape index (κ2) is 6.80. The molecule has 24 heavy (non-hydrogen) atoms. The average molecular weight is 363 g/mol. The van der Waals surface area contributed by atoms with Gasteiger partial charge >= 0.3 is 6.18 Å². The van der Waals surface area contributed by atoms with Crippen molar-refractivity contribution in [2.45, 2.75) is 12.6 Å². The summed E-state index contributed by atoms with van der Waals surface area (Å²) in [5.41, 5.74) is -0.395. The number of alkyl halides is 3. The van der Waals surface area contributed by atoms with Crippen LogP contribution in [0.4, 0.5) is 18.9 Å². The lowest BCUT2D eigenvalue weighted by molar-refractivity contribution is -0.139. The first-order valence-corrected chi connectivity index (χ1v) is 8.22. The Morgan fingerprint density at radius 2 is 1.92 bits per heavy atom. The van der Waals surface area contributed by atoms with Crippen LogP contribution in [0.15, 0.2) is 18.2 Å². The molecule has 2 saturated heterocycles. The lowest BCUT2D eigenvalue weighted by Crippen LogP contribution is -2.44. The van der Waals surface area contributed by atoms with Crippen molar-refractivity contribution in [1.82, 2.24) is 4.90 Å². The highest BCUT2D eigenvalue weighted by atomic mass is 35.5. The maximum absolute atomic E-state index is 13.0. The van der Waals surface area contributed by atoms with Gasteiger partial charge in [0.2, 0.25) is 5.91 Å². The molecule has 0 aliphatic carbocycles. The Hall–Kier alpha value is -1.47. The zero-order chi connectivity index (χ0) is 17.3. The second-order valence-electron chi connectivity index (χ2n) is 6.03. The number of ether oxygens (including phenoxy) is 1. The van der Waals surface area contributed by atoms with Crippen LogP contribution in [0.5, 0.6) is 0 Å². The minimum absolute atomic E-state index is 0.0609. The molecule has 4 nitrogen and oxygen atoms in total. The minimum Gasteiger partial charge on any atom is -0.378 e. The Balaban J connectivity index is 1.70. The summed E-state index contributed by atoms with van der Waals surface area (Å²) in [6, 6.07) is 3.89. The van der Waals surface area contributed by atoms with Crippen molar-refractivity contribution in [2.24, 2.45) is 5.92 Å². The number of carbonyl (C=O) groups is 1. The van der Waals surface area contributed by atoms with Crippen molar-refractivity contribution in [3.63, 3.8) is 0 Å². The Labute approximate surface area is 143 Å². The van der Waals surface area contributed by atoms with Crippen molar-refractivity contribution >= 4 is 23.2 Å². The minimum atomic E-state index is -4.49. The molecule has 0 aromatic heterocycles. The average Bonchev–Trinajstić information content (AvgIpc) is 3.04. The number of anilines is 1. The van der Waals surface area contributed by atoms with Gasteiger partial charge in [-0.25, -0.2) is 0 Å². The van der Waals surface area contributed by atoms with Gasteiger partial charge in [-0.3, -0.25) is 4.79 Å². The van der Waals surface area contributed by atoms with Crippen molar-refractivity contribution in [3.05, 3.63) is 28.8 Å². The van der Waals surface area contributed by atoms with Crippen LogP contribution in [-0.2, 0) is 15.7 Å². The summed E-state index contributed by atoms with van der Waals surface area (Å²) < 4.78 is 44.2. The third-order valence-electron chi connectivity index (χ3n) is 4.48. The molecule has 0 spiro atoms. The highest BCUT2D eigenvalue weighted by Crippen LogP contribution is 2.38. The van der Waals surface area contributed by atoms with Crippen LogP contribution >= 0.6 is 11.6 Å². The number of rotatable bonds is 2. The van der Waals surface area contributed by atoms with Gasteiger partial charge in [-0.05, 0) is 24.6 Å². The number of amides is 1. The third-order valence-corrected chi connectivity index (χ3v) is 4.81. The standard InChI is InChI=1S/C16H18ClF3N2O2/c17-14-2-1-12(9-13(14)16(18,19)20)22-4-3-11(10-22)15(23)21-5-7-24-8-6-21/h1-2,9,11H,3-8,10H2. The molecule has 2 aliphatic heterocycles. The molecule has 1 aromatic rings. The smallest absolute Gasteiger partial charge is 0.378 e. The van der Waals surface area contributed by atoms with E-state index in [1.807, 2.05) is 4.90 Å². The molecule has 8 heteroatoms. The first-order valence-electron chi connectivity index (χ1n) is 7.84. The van der Waals surface area contributed by atoms with Gasteiger partial charge in [0.15, 0.2) is 0 Å². The van der Waals surface area contributed by atoms with E-state index in [-0.39, 0.29) is 16.8 Å². The molecule has 1 aromatic carbocycles. The van der Waals surface area contributed by atoms with E-state index in [1.54, 1.807) is 11.0 Å². The molecule has 0 saturated carbocycles. The highest BCUT2D eigenvalue weighted by Gasteiger charge is 2.36. The van der Waals surface area contributed by atoms with Gasteiger partial charge < -0.3 is 14.5 Å². The van der Waals surface area contributed by atoms with E-state index in [0.29, 0.717) is 51.5 Å². The number of hydrogen-bond donors (Lipinski definition) is 0. The molecule has 1 unspecified atom stereocenters. The van der Waals surface area contributed by atoms with Gasteiger partial charge in [0.1, 0.15) is 0 Å². The summed E-state index contributed by atoms with van der Waals surface area (Å²) in [7, 11) is 0. The van der Waals surface area contributed by atoms with Crippen LogP contribution in [0.3, 0.4) is 0 Å². The number of morpholine rings is 1. The zero-order valence-corrected chi connectivity index (χ0v) is 13.7. The zero-order valence-electron chi connectivity index (χ0n) is 13.0. The van der Waals surface area contributed by atoms with Crippen molar-refractivity contribution in [2.75, 3.05) is 44.3 Å². The molecule has 132 valence electrons. The number of hydrogen-bond acceptors (Lipinski definition) is 3.